The van der Waals surface area contributed by atoms with Gasteiger partial charge in [0.1, 0.15) is 0 Å². The van der Waals surface area contributed by atoms with Gasteiger partial charge < -0.3 is 0 Å². The van der Waals surface area contributed by atoms with Crippen LogP contribution in [0.4, 0.5) is 0 Å². The van der Waals surface area contributed by atoms with E-state index in [0.717, 1.165) is 0 Å². The predicted octanol–water partition coefficient (Wildman–Crippen LogP) is 5.01. The van der Waals surface area contributed by atoms with E-state index in [2.05, 4.69) is 52.4 Å². The summed E-state index contributed by atoms with van der Waals surface area (Å²) in [5, 5.41) is 0. The van der Waals surface area contributed by atoms with Crippen LogP contribution >= 0.6 is 79.1 Å². The molecule has 0 saturated carbocycles. The molecule has 0 aromatic heterocycles. The summed E-state index contributed by atoms with van der Waals surface area (Å²) in [6, 6.07) is -2.19. The third-order valence-electron chi connectivity index (χ3n) is 0. The van der Waals surface area contributed by atoms with Crippen molar-refractivity contribution in [2.24, 2.45) is 0 Å². The van der Waals surface area contributed by atoms with Gasteiger partial charge in [-0.25, -0.2) is 0 Å². The Morgan fingerprint density at radius 3 is 0.900 bits per heavy atom. The lowest BCUT2D eigenvalue weighted by atomic mass is 11.9. The molecule has 0 amide bonds. The minimum Gasteiger partial charge on any atom is -0.126 e. The summed E-state index contributed by atoms with van der Waals surface area (Å²) in [4.78, 5) is 0. The van der Waals surface area contributed by atoms with E-state index in [1.165, 1.54) is 0 Å². The summed E-state index contributed by atoms with van der Waals surface area (Å²) in [7, 11) is 0. The molecule has 0 atom stereocenters. The Bertz CT molecular complexity index is 62.7. The summed E-state index contributed by atoms with van der Waals surface area (Å²) in [5.74, 6) is 0. The summed E-state index contributed by atoms with van der Waals surface area (Å²) in [6.45, 7) is 3.70. The van der Waals surface area contributed by atoms with Gasteiger partial charge in [0, 0.05) is 0 Å². The van der Waals surface area contributed by atoms with E-state index in [1.807, 2.05) is 0 Å². The highest BCUT2D eigenvalue weighted by Crippen LogP contribution is 2.25. The Morgan fingerprint density at radius 1 is 0.900 bits per heavy atom. The van der Waals surface area contributed by atoms with Crippen LogP contribution in [-0.2, 0) is 0 Å². The van der Waals surface area contributed by atoms with E-state index in [9.17, 15) is 0 Å². The fraction of sp³-hybridized carbons (Fsp3) is 1.00. The largest absolute Gasteiger partial charge is 0.338 e. The number of rotatable bonds is 0. The summed E-state index contributed by atoms with van der Waals surface area (Å²) < 4.78 is -1.17. The van der Waals surface area contributed by atoms with Gasteiger partial charge >= 0.3 is 6.00 Å². The number of hydrogen-bond donors (Lipinski definition) is 0. The maximum absolute atomic E-state index is 5.20. The van der Waals surface area contributed by atoms with Crippen LogP contribution in [0.1, 0.15) is 0 Å². The van der Waals surface area contributed by atoms with Gasteiger partial charge in [0.2, 0.25) is 0 Å². The van der Waals surface area contributed by atoms with Crippen molar-refractivity contribution in [1.82, 2.24) is 0 Å². The van der Waals surface area contributed by atoms with E-state index in [-0.39, 0.29) is 0 Å². The highest BCUT2D eigenvalue weighted by molar-refractivity contribution is 9.71. The zero-order valence-electron chi connectivity index (χ0n) is 5.27. The van der Waals surface area contributed by atoms with Crippen LogP contribution in [0, 0.1) is 0 Å². The fourth-order valence-electron chi connectivity index (χ4n) is 0. The molecule has 0 aromatic carbocycles. The molecule has 0 radical (unpaired) electrons. The maximum Gasteiger partial charge on any atom is 0.338 e. The summed E-state index contributed by atoms with van der Waals surface area (Å²) in [5.41, 5.74) is 0. The van der Waals surface area contributed by atoms with Crippen molar-refractivity contribution in [1.29, 1.82) is 0 Å². The summed E-state index contributed by atoms with van der Waals surface area (Å²) in [6.07, 6.45) is 0. The molecule has 0 spiro atoms. The minimum absolute atomic E-state index is 1.17. The molecule has 0 fully saturated rings. The van der Waals surface area contributed by atoms with Crippen LogP contribution in [0.15, 0.2) is 0 Å². The van der Waals surface area contributed by atoms with Crippen LogP contribution < -0.4 is 0 Å². The first-order valence-electron chi connectivity index (χ1n) is 2.13. The molecule has 0 aromatic rings. The van der Waals surface area contributed by atoms with Gasteiger partial charge in [-0.1, -0.05) is 45.9 Å². The molecule has 10 heavy (non-hydrogen) atoms. The smallest absolute Gasteiger partial charge is 0.126 e. The first-order chi connectivity index (χ1) is 4.00. The third-order valence-corrected chi connectivity index (χ3v) is 0. The molecule has 0 aliphatic heterocycles. The topological polar surface area (TPSA) is 0 Å². The predicted molar refractivity (Wildman–Crippen MR) is 67.6 cm³/mol. The van der Waals surface area contributed by atoms with Gasteiger partial charge in [0.25, 0.3) is 3.93 Å². The maximum atomic E-state index is 5.20. The highest BCUT2D eigenvalue weighted by atomic mass is 80.0. The van der Waals surface area contributed by atoms with Crippen molar-refractivity contribution in [3.05, 3.63) is 0 Å². The minimum atomic E-state index is -2.19. The average molecular weight is 432 g/mol. The van der Waals surface area contributed by atoms with Gasteiger partial charge in [-0.15, -0.1) is 33.2 Å². The molecule has 0 N–H and O–H groups in total. The van der Waals surface area contributed by atoms with Gasteiger partial charge in [0.15, 0.2) is 0 Å². The second kappa shape index (κ2) is 6.24. The van der Waals surface area contributed by atoms with Crippen molar-refractivity contribution in [3.8, 4) is 0 Å². The fourth-order valence-corrected chi connectivity index (χ4v) is 0. The Labute approximate surface area is 101 Å². The van der Waals surface area contributed by atoms with Gasteiger partial charge in [0.05, 0.1) is 0 Å². The van der Waals surface area contributed by atoms with Crippen molar-refractivity contribution < 1.29 is 0 Å². The summed E-state index contributed by atoms with van der Waals surface area (Å²) >= 11 is 25.6. The van der Waals surface area contributed by atoms with Crippen molar-refractivity contribution in [3.63, 3.8) is 0 Å². The van der Waals surface area contributed by atoms with Crippen molar-refractivity contribution in [2.75, 3.05) is 0 Å². The Balaban J connectivity index is 0. The molecule has 8 heteroatoms. The first kappa shape index (κ1) is 15.2. The molecule has 0 bridgehead atoms. The molecule has 0 aliphatic rings. The van der Waals surface area contributed by atoms with E-state index < -0.39 is 9.93 Å². The molecule has 0 nitrogen and oxygen atoms in total. The molecule has 64 valence electrons. The quantitative estimate of drug-likeness (QED) is 0.373. The van der Waals surface area contributed by atoms with E-state index in [1.54, 1.807) is 6.55 Å². The molecule has 0 heterocycles. The van der Waals surface area contributed by atoms with Gasteiger partial charge in [-0.05, 0) is 13.1 Å². The molecule has 0 saturated heterocycles. The number of halogens is 6. The Morgan fingerprint density at radius 2 is 0.900 bits per heavy atom. The third kappa shape index (κ3) is 135. The van der Waals surface area contributed by atoms with Gasteiger partial charge in [-0.3, -0.25) is 0 Å². The first-order valence-corrected chi connectivity index (χ1v) is 16.9. The standard InChI is InChI=1S/CH3Br3Si.CH3Cl3Si/c2*1-5(2,3)4/h2*1H3. The highest BCUT2D eigenvalue weighted by Gasteiger charge is 2.13. The average Bonchev–Trinajstić information content (AvgIpc) is 1.12. The second-order valence-corrected chi connectivity index (χ2v) is 37.1. The molecular weight excluding hydrogens is 426 g/mol. The van der Waals surface area contributed by atoms with Crippen LogP contribution in [0.3, 0.4) is 0 Å². The second-order valence-electron chi connectivity index (χ2n) is 1.56. The lowest BCUT2D eigenvalue weighted by Gasteiger charge is -1.92. The lowest BCUT2D eigenvalue weighted by molar-refractivity contribution is 2.31. The van der Waals surface area contributed by atoms with E-state index >= 15 is 0 Å². The van der Waals surface area contributed by atoms with Crippen LogP contribution in [0.5, 0.6) is 0 Å². The van der Waals surface area contributed by atoms with Crippen molar-refractivity contribution in [2.45, 2.75) is 13.1 Å². The van der Waals surface area contributed by atoms with Crippen LogP contribution in [0.2, 0.25) is 13.1 Å². The molecule has 0 unspecified atom stereocenters. The molecular formula is C2H6Br3Cl3Si2. The van der Waals surface area contributed by atoms with E-state index in [0.29, 0.717) is 0 Å². The van der Waals surface area contributed by atoms with Crippen molar-refractivity contribution >= 4 is 89.0 Å². The molecule has 0 rings (SSSR count). The zero-order valence-corrected chi connectivity index (χ0v) is 14.3. The number of hydrogen-bond acceptors (Lipinski definition) is 0. The van der Waals surface area contributed by atoms with Crippen LogP contribution in [-0.4, -0.2) is 9.93 Å². The zero-order chi connectivity index (χ0) is 9.00. The van der Waals surface area contributed by atoms with E-state index in [4.69, 9.17) is 33.2 Å². The SMILES string of the molecule is C[Si](Br)(Br)Br.C[Si](Cl)(Cl)Cl. The van der Waals surface area contributed by atoms with Gasteiger partial charge in [-0.2, -0.15) is 0 Å². The normalized spacial score (nSPS) is 12.0. The monoisotopic (exact) mass is 428 g/mol. The Hall–Kier alpha value is 2.74. The Kier molecular flexibility index (Phi) is 9.50. The molecule has 0 aliphatic carbocycles. The van der Waals surface area contributed by atoms with Crippen LogP contribution in [0.25, 0.3) is 0 Å². The lowest BCUT2D eigenvalue weighted by Crippen LogP contribution is -1.97.